The molecule has 0 atom stereocenters. The molecule has 3 rings (SSSR count). The van der Waals surface area contributed by atoms with Crippen LogP contribution in [-0.4, -0.2) is 26.7 Å². The topological polar surface area (TPSA) is 82.2 Å². The summed E-state index contributed by atoms with van der Waals surface area (Å²) >= 11 is 1.48. The first-order chi connectivity index (χ1) is 8.11. The summed E-state index contributed by atoms with van der Waals surface area (Å²) in [6, 6.07) is 1.48. The Labute approximate surface area is 102 Å². The number of hydrogen-bond acceptors (Lipinski definition) is 3. The van der Waals surface area contributed by atoms with Gasteiger partial charge in [-0.15, -0.1) is 0 Å². The molecule has 0 radical (unpaired) electrons. The minimum atomic E-state index is -1.00. The Kier molecular flexibility index (Phi) is 2.22. The maximum absolute atomic E-state index is 12.1. The highest BCUT2D eigenvalue weighted by molar-refractivity contribution is 8.01. The lowest BCUT2D eigenvalue weighted by Crippen LogP contribution is -2.39. The molecule has 1 aromatic rings. The second-order valence-corrected chi connectivity index (χ2v) is 5.88. The Balaban J connectivity index is 1.99. The van der Waals surface area contributed by atoms with E-state index in [0.29, 0.717) is 5.69 Å². The van der Waals surface area contributed by atoms with Crippen molar-refractivity contribution in [3.8, 4) is 0 Å². The smallest absolute Gasteiger partial charge is 0.352 e. The largest absolute Gasteiger partial charge is 0.477 e. The van der Waals surface area contributed by atoms with Crippen LogP contribution in [0.15, 0.2) is 11.1 Å². The molecule has 3 N–H and O–H groups in total. The van der Waals surface area contributed by atoms with Gasteiger partial charge in [-0.3, -0.25) is 4.79 Å². The molecule has 1 spiro atoms. The number of amides is 1. The fourth-order valence-electron chi connectivity index (χ4n) is 2.48. The third-order valence-corrected chi connectivity index (χ3v) is 4.89. The normalized spacial score (nSPS) is 21.3. The van der Waals surface area contributed by atoms with E-state index in [1.54, 1.807) is 0 Å². The number of carboxylic acids is 1. The molecular weight excluding hydrogens is 240 g/mol. The molecule has 0 unspecified atom stereocenters. The number of anilines is 1. The Morgan fingerprint density at radius 1 is 1.41 bits per heavy atom. The van der Waals surface area contributed by atoms with E-state index in [1.807, 2.05) is 0 Å². The van der Waals surface area contributed by atoms with Gasteiger partial charge in [-0.1, -0.05) is 24.6 Å². The molecule has 90 valence electrons. The van der Waals surface area contributed by atoms with Gasteiger partial charge in [-0.25, -0.2) is 4.79 Å². The molecule has 1 amide bonds. The van der Waals surface area contributed by atoms with Gasteiger partial charge in [0.1, 0.15) is 10.4 Å². The molecular formula is C11H12N2O3S. The van der Waals surface area contributed by atoms with E-state index in [9.17, 15) is 9.59 Å². The second-order valence-electron chi connectivity index (χ2n) is 4.49. The zero-order chi connectivity index (χ0) is 12.0. The number of fused-ring (bicyclic) bond motifs is 1. The molecule has 5 nitrogen and oxygen atoms in total. The molecule has 0 aromatic carbocycles. The van der Waals surface area contributed by atoms with Crippen molar-refractivity contribution >= 4 is 29.3 Å². The minimum absolute atomic E-state index is 0.0171. The summed E-state index contributed by atoms with van der Waals surface area (Å²) in [6.07, 6.45) is 3.85. The number of hydrogen-bond donors (Lipinski definition) is 3. The number of carboxylic acid groups (broad SMARTS) is 1. The van der Waals surface area contributed by atoms with Crippen molar-refractivity contribution in [2.45, 2.75) is 35.5 Å². The van der Waals surface area contributed by atoms with E-state index in [4.69, 9.17) is 5.11 Å². The lowest BCUT2D eigenvalue weighted by Gasteiger charge is -2.30. The number of carbonyl (C=O) groups is 2. The molecule has 17 heavy (non-hydrogen) atoms. The molecule has 2 aliphatic rings. The molecule has 0 bridgehead atoms. The first kappa shape index (κ1) is 10.7. The fraction of sp³-hybridized carbons (Fsp3) is 0.455. The van der Waals surface area contributed by atoms with Crippen LogP contribution in [0.25, 0.3) is 0 Å². The Morgan fingerprint density at radius 3 is 2.76 bits per heavy atom. The van der Waals surface area contributed by atoms with Gasteiger partial charge in [0.05, 0.1) is 10.7 Å². The van der Waals surface area contributed by atoms with Crippen LogP contribution < -0.4 is 5.32 Å². The highest BCUT2D eigenvalue weighted by Gasteiger charge is 2.46. The number of aromatic carboxylic acids is 1. The van der Waals surface area contributed by atoms with Crippen molar-refractivity contribution in [1.29, 1.82) is 0 Å². The molecule has 6 heteroatoms. The number of H-pyrrole nitrogens is 1. The highest BCUT2D eigenvalue weighted by atomic mass is 32.2. The van der Waals surface area contributed by atoms with Gasteiger partial charge in [-0.2, -0.15) is 0 Å². The summed E-state index contributed by atoms with van der Waals surface area (Å²) in [5.74, 6) is -0.988. The predicted octanol–water partition coefficient (Wildman–Crippen LogP) is 2.07. The van der Waals surface area contributed by atoms with E-state index in [1.165, 1.54) is 17.8 Å². The van der Waals surface area contributed by atoms with Gasteiger partial charge >= 0.3 is 5.97 Å². The maximum atomic E-state index is 12.1. The van der Waals surface area contributed by atoms with Crippen molar-refractivity contribution in [2.24, 2.45) is 0 Å². The van der Waals surface area contributed by atoms with Crippen molar-refractivity contribution in [3.05, 3.63) is 11.8 Å². The van der Waals surface area contributed by atoms with Gasteiger partial charge in [-0.05, 0) is 18.9 Å². The van der Waals surface area contributed by atoms with E-state index in [2.05, 4.69) is 10.3 Å². The van der Waals surface area contributed by atoms with Crippen LogP contribution in [0.2, 0.25) is 0 Å². The van der Waals surface area contributed by atoms with Gasteiger partial charge in [0.25, 0.3) is 0 Å². The third-order valence-electron chi connectivity index (χ3n) is 3.38. The van der Waals surface area contributed by atoms with Crippen LogP contribution in [0.4, 0.5) is 5.69 Å². The monoisotopic (exact) mass is 252 g/mol. The Hall–Kier alpha value is -1.43. The fourth-order valence-corrected chi connectivity index (χ4v) is 3.89. The summed E-state index contributed by atoms with van der Waals surface area (Å²) in [6.45, 7) is 0. The summed E-state index contributed by atoms with van der Waals surface area (Å²) in [7, 11) is 0. The lowest BCUT2D eigenvalue weighted by atomic mass is 10.1. The van der Waals surface area contributed by atoms with E-state index >= 15 is 0 Å². The van der Waals surface area contributed by atoms with E-state index < -0.39 is 5.97 Å². The summed E-state index contributed by atoms with van der Waals surface area (Å²) in [5.41, 5.74) is 0.716. The standard InChI is InChI=1S/C11H12N2O3S/c14-9(15)7-5-6-8(12-7)17-11(10(16)13-6)3-1-2-4-11/h5,12H,1-4H2,(H,13,16)(H,14,15). The van der Waals surface area contributed by atoms with E-state index in [-0.39, 0.29) is 16.3 Å². The van der Waals surface area contributed by atoms with Crippen LogP contribution in [-0.2, 0) is 4.79 Å². The molecule has 1 aliphatic carbocycles. The second kappa shape index (κ2) is 3.53. The van der Waals surface area contributed by atoms with E-state index in [0.717, 1.165) is 30.7 Å². The molecule has 1 aliphatic heterocycles. The first-order valence-electron chi connectivity index (χ1n) is 5.57. The summed E-state index contributed by atoms with van der Waals surface area (Å²) in [5, 5.41) is 12.5. The number of thioether (sulfide) groups is 1. The van der Waals surface area contributed by atoms with Crippen LogP contribution in [0.1, 0.15) is 36.2 Å². The summed E-state index contributed by atoms with van der Waals surface area (Å²) < 4.78 is -0.381. The Bertz CT molecular complexity index is 503. The zero-order valence-corrected chi connectivity index (χ0v) is 9.89. The molecule has 1 saturated carbocycles. The average Bonchev–Trinajstić information content (AvgIpc) is 2.87. The summed E-state index contributed by atoms with van der Waals surface area (Å²) in [4.78, 5) is 25.8. The number of aromatic amines is 1. The lowest BCUT2D eigenvalue weighted by molar-refractivity contribution is -0.118. The van der Waals surface area contributed by atoms with Crippen molar-refractivity contribution in [1.82, 2.24) is 4.98 Å². The number of carbonyl (C=O) groups excluding carboxylic acids is 1. The molecule has 0 saturated heterocycles. The molecule has 2 heterocycles. The maximum Gasteiger partial charge on any atom is 0.352 e. The Morgan fingerprint density at radius 2 is 2.12 bits per heavy atom. The highest BCUT2D eigenvalue weighted by Crippen LogP contribution is 2.50. The molecule has 1 fully saturated rings. The van der Waals surface area contributed by atoms with Crippen LogP contribution in [0.5, 0.6) is 0 Å². The van der Waals surface area contributed by atoms with Gasteiger partial charge in [0, 0.05) is 0 Å². The van der Waals surface area contributed by atoms with Crippen molar-refractivity contribution in [3.63, 3.8) is 0 Å². The number of nitrogens with one attached hydrogen (secondary N) is 2. The van der Waals surface area contributed by atoms with Crippen molar-refractivity contribution < 1.29 is 14.7 Å². The molecule has 1 aromatic heterocycles. The van der Waals surface area contributed by atoms with Crippen LogP contribution >= 0.6 is 11.8 Å². The minimum Gasteiger partial charge on any atom is -0.477 e. The van der Waals surface area contributed by atoms with Gasteiger partial charge in [0.2, 0.25) is 5.91 Å². The SMILES string of the molecule is O=C(O)c1cc2c([nH]1)SC1(CCCC1)C(=O)N2. The quantitative estimate of drug-likeness (QED) is 0.714. The number of rotatable bonds is 1. The van der Waals surface area contributed by atoms with Crippen molar-refractivity contribution in [2.75, 3.05) is 5.32 Å². The third kappa shape index (κ3) is 1.55. The predicted molar refractivity (Wildman–Crippen MR) is 63.4 cm³/mol. The van der Waals surface area contributed by atoms with Crippen LogP contribution in [0.3, 0.4) is 0 Å². The van der Waals surface area contributed by atoms with Gasteiger partial charge < -0.3 is 15.4 Å². The van der Waals surface area contributed by atoms with Crippen LogP contribution in [0, 0.1) is 0 Å². The average molecular weight is 252 g/mol. The number of aromatic nitrogens is 1. The zero-order valence-electron chi connectivity index (χ0n) is 9.08. The van der Waals surface area contributed by atoms with Gasteiger partial charge in [0.15, 0.2) is 0 Å². The first-order valence-corrected chi connectivity index (χ1v) is 6.39.